The van der Waals surface area contributed by atoms with Gasteiger partial charge in [0, 0.05) is 19.2 Å². The van der Waals surface area contributed by atoms with E-state index < -0.39 is 5.97 Å². The molecule has 0 radical (unpaired) electrons. The molecule has 0 spiro atoms. The van der Waals surface area contributed by atoms with Gasteiger partial charge in [0.2, 0.25) is 0 Å². The third-order valence-corrected chi connectivity index (χ3v) is 4.46. The Bertz CT molecular complexity index is 680. The van der Waals surface area contributed by atoms with Gasteiger partial charge in [-0.05, 0) is 36.4 Å². The van der Waals surface area contributed by atoms with E-state index in [-0.39, 0.29) is 5.82 Å². The third-order valence-electron chi connectivity index (χ3n) is 3.59. The number of carbonyl (C=O) groups is 1. The number of hydrogen-bond acceptors (Lipinski definition) is 5. The first kappa shape index (κ1) is 14.8. The number of anilines is 1. The van der Waals surface area contributed by atoms with Crippen molar-refractivity contribution in [3.63, 3.8) is 0 Å². The minimum Gasteiger partial charge on any atom is -0.465 e. The standard InChI is InChI=1S/C16H16FNO3S/c1-20-16(19)15-14(6-9-22-15)21-13-5-4-11(17)10-12(13)18-7-2-3-8-18/h4-6,9-10H,2-3,7-8H2,1H3. The summed E-state index contributed by atoms with van der Waals surface area (Å²) in [5.41, 5.74) is 0.722. The largest absolute Gasteiger partial charge is 0.465 e. The monoisotopic (exact) mass is 321 g/mol. The number of rotatable bonds is 4. The summed E-state index contributed by atoms with van der Waals surface area (Å²) in [6, 6.07) is 6.15. The van der Waals surface area contributed by atoms with Crippen molar-refractivity contribution in [1.82, 2.24) is 0 Å². The molecule has 1 aliphatic heterocycles. The molecule has 1 aromatic carbocycles. The molecule has 0 atom stereocenters. The molecule has 6 heteroatoms. The van der Waals surface area contributed by atoms with Crippen molar-refractivity contribution in [1.29, 1.82) is 0 Å². The first-order chi connectivity index (χ1) is 10.7. The Morgan fingerprint density at radius 1 is 1.23 bits per heavy atom. The highest BCUT2D eigenvalue weighted by atomic mass is 32.1. The van der Waals surface area contributed by atoms with Crippen molar-refractivity contribution in [2.75, 3.05) is 25.1 Å². The second-order valence-corrected chi connectivity index (χ2v) is 5.93. The Kier molecular flexibility index (Phi) is 4.29. The maximum atomic E-state index is 13.6. The maximum absolute atomic E-state index is 13.6. The van der Waals surface area contributed by atoms with E-state index in [1.165, 1.54) is 30.6 Å². The molecular weight excluding hydrogens is 305 g/mol. The molecule has 0 saturated carbocycles. The van der Waals surface area contributed by atoms with Gasteiger partial charge in [-0.1, -0.05) is 0 Å². The first-order valence-electron chi connectivity index (χ1n) is 7.07. The smallest absolute Gasteiger partial charge is 0.351 e. The zero-order valence-corrected chi connectivity index (χ0v) is 13.0. The Labute approximate surface area is 132 Å². The van der Waals surface area contributed by atoms with Gasteiger partial charge in [0.05, 0.1) is 12.8 Å². The number of hydrogen-bond donors (Lipinski definition) is 0. The molecule has 4 nitrogen and oxygen atoms in total. The number of carbonyl (C=O) groups excluding carboxylic acids is 1. The third kappa shape index (κ3) is 2.92. The summed E-state index contributed by atoms with van der Waals surface area (Å²) < 4.78 is 24.2. The molecule has 1 aromatic heterocycles. The molecule has 2 aromatic rings. The van der Waals surface area contributed by atoms with E-state index in [1.807, 2.05) is 0 Å². The number of nitrogens with zero attached hydrogens (tertiary/aromatic N) is 1. The summed E-state index contributed by atoms with van der Waals surface area (Å²) in [4.78, 5) is 14.2. The number of thiophene rings is 1. The molecule has 2 heterocycles. The normalized spacial score (nSPS) is 14.2. The van der Waals surface area contributed by atoms with Crippen LogP contribution in [0.4, 0.5) is 10.1 Å². The van der Waals surface area contributed by atoms with Gasteiger partial charge in [0.25, 0.3) is 0 Å². The van der Waals surface area contributed by atoms with Crippen molar-refractivity contribution in [2.24, 2.45) is 0 Å². The fourth-order valence-corrected chi connectivity index (χ4v) is 3.25. The zero-order valence-electron chi connectivity index (χ0n) is 12.2. The molecule has 1 saturated heterocycles. The highest BCUT2D eigenvalue weighted by Crippen LogP contribution is 2.37. The SMILES string of the molecule is COC(=O)c1sccc1Oc1ccc(F)cc1N1CCCC1. The van der Waals surface area contributed by atoms with Gasteiger partial charge >= 0.3 is 5.97 Å². The minimum atomic E-state index is -0.435. The van der Waals surface area contributed by atoms with E-state index in [9.17, 15) is 9.18 Å². The van der Waals surface area contributed by atoms with Crippen LogP contribution in [0.15, 0.2) is 29.6 Å². The van der Waals surface area contributed by atoms with Crippen molar-refractivity contribution < 1.29 is 18.7 Å². The quantitative estimate of drug-likeness (QED) is 0.796. The van der Waals surface area contributed by atoms with Gasteiger partial charge in [-0.15, -0.1) is 11.3 Å². The van der Waals surface area contributed by atoms with E-state index in [1.54, 1.807) is 17.5 Å². The zero-order chi connectivity index (χ0) is 15.5. The highest BCUT2D eigenvalue weighted by molar-refractivity contribution is 7.12. The van der Waals surface area contributed by atoms with Crippen LogP contribution in [0.2, 0.25) is 0 Å². The van der Waals surface area contributed by atoms with Crippen molar-refractivity contribution >= 4 is 23.0 Å². The Balaban J connectivity index is 1.92. The van der Waals surface area contributed by atoms with Crippen LogP contribution in [0, 0.1) is 5.82 Å². The predicted octanol–water partition coefficient (Wildman–Crippen LogP) is 4.07. The summed E-state index contributed by atoms with van der Waals surface area (Å²) in [6.07, 6.45) is 2.17. The number of benzene rings is 1. The van der Waals surface area contributed by atoms with Gasteiger partial charge < -0.3 is 14.4 Å². The second-order valence-electron chi connectivity index (χ2n) is 5.01. The van der Waals surface area contributed by atoms with E-state index in [0.29, 0.717) is 16.4 Å². The lowest BCUT2D eigenvalue weighted by Gasteiger charge is -2.21. The second kappa shape index (κ2) is 6.36. The molecule has 116 valence electrons. The Morgan fingerprint density at radius 2 is 2.00 bits per heavy atom. The molecule has 0 unspecified atom stereocenters. The molecule has 0 bridgehead atoms. The van der Waals surface area contributed by atoms with Gasteiger partial charge in [-0.2, -0.15) is 0 Å². The summed E-state index contributed by atoms with van der Waals surface area (Å²) in [6.45, 7) is 1.76. The van der Waals surface area contributed by atoms with Gasteiger partial charge in [-0.3, -0.25) is 0 Å². The van der Waals surface area contributed by atoms with E-state index in [2.05, 4.69) is 4.90 Å². The molecule has 0 amide bonds. The number of esters is 1. The number of methoxy groups -OCH3 is 1. The van der Waals surface area contributed by atoms with Crippen LogP contribution in [0.5, 0.6) is 11.5 Å². The van der Waals surface area contributed by atoms with Crippen LogP contribution in [0.1, 0.15) is 22.5 Å². The lowest BCUT2D eigenvalue weighted by Crippen LogP contribution is -2.18. The van der Waals surface area contributed by atoms with E-state index in [4.69, 9.17) is 9.47 Å². The molecular formula is C16H16FNO3S. The summed E-state index contributed by atoms with van der Waals surface area (Å²) in [7, 11) is 1.33. The summed E-state index contributed by atoms with van der Waals surface area (Å²) >= 11 is 1.26. The Morgan fingerprint density at radius 3 is 2.73 bits per heavy atom. The maximum Gasteiger partial charge on any atom is 0.351 e. The molecule has 22 heavy (non-hydrogen) atoms. The van der Waals surface area contributed by atoms with Crippen LogP contribution in [-0.4, -0.2) is 26.2 Å². The first-order valence-corrected chi connectivity index (χ1v) is 7.95. The molecule has 1 aliphatic rings. The molecule has 0 aliphatic carbocycles. The fourth-order valence-electron chi connectivity index (χ4n) is 2.52. The van der Waals surface area contributed by atoms with Crippen LogP contribution >= 0.6 is 11.3 Å². The molecule has 0 N–H and O–H groups in total. The summed E-state index contributed by atoms with van der Waals surface area (Å²) in [5, 5.41) is 1.76. The van der Waals surface area contributed by atoms with Gasteiger partial charge in [-0.25, -0.2) is 9.18 Å². The van der Waals surface area contributed by atoms with Crippen molar-refractivity contribution in [2.45, 2.75) is 12.8 Å². The summed E-state index contributed by atoms with van der Waals surface area (Å²) in [5.74, 6) is 0.248. The topological polar surface area (TPSA) is 38.8 Å². The predicted molar refractivity (Wildman–Crippen MR) is 83.6 cm³/mol. The lowest BCUT2D eigenvalue weighted by molar-refractivity contribution is 0.0604. The molecule has 1 fully saturated rings. The van der Waals surface area contributed by atoms with Crippen LogP contribution < -0.4 is 9.64 Å². The number of ether oxygens (including phenoxy) is 2. The van der Waals surface area contributed by atoms with Crippen LogP contribution in [0.25, 0.3) is 0 Å². The Hall–Kier alpha value is -2.08. The average molecular weight is 321 g/mol. The van der Waals surface area contributed by atoms with E-state index >= 15 is 0 Å². The number of halogens is 1. The van der Waals surface area contributed by atoms with Crippen LogP contribution in [-0.2, 0) is 4.74 Å². The van der Waals surface area contributed by atoms with Crippen molar-refractivity contribution in [3.8, 4) is 11.5 Å². The van der Waals surface area contributed by atoms with E-state index in [0.717, 1.165) is 31.6 Å². The molecule has 3 rings (SSSR count). The highest BCUT2D eigenvalue weighted by Gasteiger charge is 2.20. The minimum absolute atomic E-state index is 0.298. The average Bonchev–Trinajstić information content (AvgIpc) is 3.19. The van der Waals surface area contributed by atoms with Gasteiger partial charge in [0.1, 0.15) is 5.82 Å². The van der Waals surface area contributed by atoms with Gasteiger partial charge in [0.15, 0.2) is 16.4 Å². The lowest BCUT2D eigenvalue weighted by atomic mass is 10.2. The van der Waals surface area contributed by atoms with Crippen molar-refractivity contribution in [3.05, 3.63) is 40.3 Å². The fraction of sp³-hybridized carbons (Fsp3) is 0.312. The van der Waals surface area contributed by atoms with Crippen LogP contribution in [0.3, 0.4) is 0 Å².